The highest BCUT2D eigenvalue weighted by Gasteiger charge is 2.12. The van der Waals surface area contributed by atoms with Crippen molar-refractivity contribution in [2.24, 2.45) is 0 Å². The maximum absolute atomic E-state index is 6.02. The Hall–Kier alpha value is -1.52. The Morgan fingerprint density at radius 1 is 1.26 bits per heavy atom. The number of ether oxygens (including phenoxy) is 1. The number of anilines is 2. The topological polar surface area (TPSA) is 73.1 Å². The van der Waals surface area contributed by atoms with Gasteiger partial charge >= 0.3 is 0 Å². The van der Waals surface area contributed by atoms with Gasteiger partial charge in [0.15, 0.2) is 5.82 Å². The lowest BCUT2D eigenvalue weighted by Crippen LogP contribution is -2.18. The van der Waals surface area contributed by atoms with E-state index in [1.165, 1.54) is 25.6 Å². The Labute approximate surface area is 116 Å². The second-order valence-electron chi connectivity index (χ2n) is 5.15. The third kappa shape index (κ3) is 5.32. The van der Waals surface area contributed by atoms with E-state index in [4.69, 9.17) is 10.5 Å². The van der Waals surface area contributed by atoms with Gasteiger partial charge in [0.25, 0.3) is 0 Å². The summed E-state index contributed by atoms with van der Waals surface area (Å²) >= 11 is 0. The fourth-order valence-electron chi connectivity index (χ4n) is 1.82. The van der Waals surface area contributed by atoms with Gasteiger partial charge < -0.3 is 15.8 Å². The molecule has 0 aliphatic carbocycles. The lowest BCUT2D eigenvalue weighted by Gasteiger charge is -2.17. The molecule has 0 radical (unpaired) electrons. The number of hydrogen-bond donors (Lipinski definition) is 2. The number of nitrogens with zero attached hydrogens (tertiary/aromatic N) is 2. The van der Waals surface area contributed by atoms with Gasteiger partial charge in [0.2, 0.25) is 5.88 Å². The highest BCUT2D eigenvalue weighted by Crippen LogP contribution is 2.26. The fourth-order valence-corrected chi connectivity index (χ4v) is 1.82. The number of rotatable bonds is 8. The Balaban J connectivity index is 2.62. The van der Waals surface area contributed by atoms with Crippen molar-refractivity contribution in [2.75, 3.05) is 11.1 Å². The zero-order valence-electron chi connectivity index (χ0n) is 12.4. The van der Waals surface area contributed by atoms with Gasteiger partial charge in [-0.2, -0.15) is 4.98 Å². The third-order valence-electron chi connectivity index (χ3n) is 2.82. The van der Waals surface area contributed by atoms with Crippen molar-refractivity contribution in [1.82, 2.24) is 9.97 Å². The van der Waals surface area contributed by atoms with E-state index in [-0.39, 0.29) is 6.10 Å². The predicted octanol–water partition coefficient (Wildman–Crippen LogP) is 3.23. The molecule has 1 rings (SSSR count). The van der Waals surface area contributed by atoms with Crippen LogP contribution < -0.4 is 15.8 Å². The van der Waals surface area contributed by atoms with Crippen LogP contribution in [0.5, 0.6) is 5.88 Å². The van der Waals surface area contributed by atoms with Crippen LogP contribution in [0.2, 0.25) is 0 Å². The number of nitrogens with one attached hydrogen (secondary N) is 1. The molecule has 19 heavy (non-hydrogen) atoms. The SMILES string of the molecule is CCCCCC(C)Nc1ncnc(OC(C)C)c1N. The lowest BCUT2D eigenvalue weighted by atomic mass is 10.1. The number of nitrogens with two attached hydrogens (primary N) is 1. The first-order chi connectivity index (χ1) is 9.04. The highest BCUT2D eigenvalue weighted by atomic mass is 16.5. The van der Waals surface area contributed by atoms with Crippen LogP contribution in [0.15, 0.2) is 6.33 Å². The maximum atomic E-state index is 6.02. The number of aromatic nitrogens is 2. The van der Waals surface area contributed by atoms with E-state index in [1.807, 2.05) is 13.8 Å². The molecular weight excluding hydrogens is 240 g/mol. The molecule has 0 saturated heterocycles. The lowest BCUT2D eigenvalue weighted by molar-refractivity contribution is 0.234. The van der Waals surface area contributed by atoms with Gasteiger partial charge in [-0.3, -0.25) is 0 Å². The van der Waals surface area contributed by atoms with E-state index in [0.717, 1.165) is 6.42 Å². The summed E-state index contributed by atoms with van der Waals surface area (Å²) < 4.78 is 5.55. The van der Waals surface area contributed by atoms with Crippen molar-refractivity contribution in [1.29, 1.82) is 0 Å². The number of nitrogen functional groups attached to an aromatic ring is 1. The van der Waals surface area contributed by atoms with Crippen molar-refractivity contribution in [3.8, 4) is 5.88 Å². The number of unbranched alkanes of at least 4 members (excludes halogenated alkanes) is 2. The van der Waals surface area contributed by atoms with E-state index in [1.54, 1.807) is 0 Å². The largest absolute Gasteiger partial charge is 0.473 e. The molecule has 108 valence electrons. The molecule has 1 aromatic heterocycles. The van der Waals surface area contributed by atoms with Crippen LogP contribution >= 0.6 is 0 Å². The molecule has 5 nitrogen and oxygen atoms in total. The predicted molar refractivity (Wildman–Crippen MR) is 79.4 cm³/mol. The van der Waals surface area contributed by atoms with E-state index in [2.05, 4.69) is 29.1 Å². The first kappa shape index (κ1) is 15.5. The normalized spacial score (nSPS) is 12.5. The molecule has 0 fully saturated rings. The molecule has 1 heterocycles. The highest BCUT2D eigenvalue weighted by molar-refractivity contribution is 5.66. The van der Waals surface area contributed by atoms with E-state index >= 15 is 0 Å². The van der Waals surface area contributed by atoms with Gasteiger partial charge in [0, 0.05) is 6.04 Å². The van der Waals surface area contributed by atoms with E-state index in [0.29, 0.717) is 23.4 Å². The minimum Gasteiger partial charge on any atom is -0.473 e. The monoisotopic (exact) mass is 266 g/mol. The van der Waals surface area contributed by atoms with Crippen LogP contribution in [-0.4, -0.2) is 22.1 Å². The van der Waals surface area contributed by atoms with Gasteiger partial charge in [-0.25, -0.2) is 4.98 Å². The van der Waals surface area contributed by atoms with Crippen molar-refractivity contribution in [3.63, 3.8) is 0 Å². The summed E-state index contributed by atoms with van der Waals surface area (Å²) in [5.74, 6) is 1.11. The third-order valence-corrected chi connectivity index (χ3v) is 2.82. The molecule has 0 saturated carbocycles. The molecule has 1 aromatic rings. The molecule has 1 unspecified atom stereocenters. The zero-order valence-corrected chi connectivity index (χ0v) is 12.4. The molecular formula is C14H26N4O. The van der Waals surface area contributed by atoms with E-state index < -0.39 is 0 Å². The summed E-state index contributed by atoms with van der Waals surface area (Å²) in [6.07, 6.45) is 6.34. The van der Waals surface area contributed by atoms with Crippen molar-refractivity contribution >= 4 is 11.5 Å². The van der Waals surface area contributed by atoms with Crippen LogP contribution in [0.4, 0.5) is 11.5 Å². The first-order valence-electron chi connectivity index (χ1n) is 7.08. The Bertz CT molecular complexity index is 382. The Morgan fingerprint density at radius 2 is 2.00 bits per heavy atom. The van der Waals surface area contributed by atoms with Crippen molar-refractivity contribution in [2.45, 2.75) is 65.5 Å². The molecule has 0 amide bonds. The molecule has 1 atom stereocenters. The summed E-state index contributed by atoms with van der Waals surface area (Å²) in [6, 6.07) is 0.343. The van der Waals surface area contributed by atoms with Gasteiger partial charge in [0.05, 0.1) is 6.10 Å². The molecule has 0 aromatic carbocycles. The second-order valence-corrected chi connectivity index (χ2v) is 5.15. The van der Waals surface area contributed by atoms with E-state index in [9.17, 15) is 0 Å². The van der Waals surface area contributed by atoms with Crippen LogP contribution in [0.3, 0.4) is 0 Å². The smallest absolute Gasteiger partial charge is 0.242 e. The molecule has 0 aliphatic rings. The number of hydrogen-bond acceptors (Lipinski definition) is 5. The van der Waals surface area contributed by atoms with Crippen LogP contribution in [0.25, 0.3) is 0 Å². The molecule has 0 spiro atoms. The summed E-state index contributed by atoms with van der Waals surface area (Å²) in [5.41, 5.74) is 6.51. The van der Waals surface area contributed by atoms with Gasteiger partial charge in [-0.15, -0.1) is 0 Å². The average molecular weight is 266 g/mol. The minimum absolute atomic E-state index is 0.0482. The van der Waals surface area contributed by atoms with Crippen LogP contribution in [0, 0.1) is 0 Å². The van der Waals surface area contributed by atoms with Crippen LogP contribution in [-0.2, 0) is 0 Å². The van der Waals surface area contributed by atoms with Gasteiger partial charge in [0.1, 0.15) is 12.0 Å². The summed E-state index contributed by atoms with van der Waals surface area (Å²) in [5, 5.41) is 3.33. The summed E-state index contributed by atoms with van der Waals surface area (Å²) in [7, 11) is 0. The molecule has 0 bridgehead atoms. The molecule has 5 heteroatoms. The average Bonchev–Trinajstić information content (AvgIpc) is 2.34. The Morgan fingerprint density at radius 3 is 2.63 bits per heavy atom. The van der Waals surface area contributed by atoms with Crippen molar-refractivity contribution in [3.05, 3.63) is 6.33 Å². The van der Waals surface area contributed by atoms with Crippen molar-refractivity contribution < 1.29 is 4.74 Å². The minimum atomic E-state index is 0.0482. The summed E-state index contributed by atoms with van der Waals surface area (Å²) in [4.78, 5) is 8.25. The second kappa shape index (κ2) is 7.81. The molecule has 3 N–H and O–H groups in total. The first-order valence-corrected chi connectivity index (χ1v) is 7.08. The fraction of sp³-hybridized carbons (Fsp3) is 0.714. The Kier molecular flexibility index (Phi) is 6.39. The zero-order chi connectivity index (χ0) is 14.3. The quantitative estimate of drug-likeness (QED) is 0.707. The van der Waals surface area contributed by atoms with Crippen LogP contribution in [0.1, 0.15) is 53.4 Å². The standard InChI is InChI=1S/C14H26N4O/c1-5-6-7-8-11(4)18-13-12(15)14(17-9-16-13)19-10(2)3/h9-11H,5-8,15H2,1-4H3,(H,16,17,18). The molecule has 0 aliphatic heterocycles. The summed E-state index contributed by atoms with van der Waals surface area (Å²) in [6.45, 7) is 8.24. The van der Waals surface area contributed by atoms with Gasteiger partial charge in [-0.05, 0) is 27.2 Å². The van der Waals surface area contributed by atoms with Gasteiger partial charge in [-0.1, -0.05) is 26.2 Å². The maximum Gasteiger partial charge on any atom is 0.242 e.